The number of aromatic nitrogens is 1. The maximum atomic E-state index is 4.47. The van der Waals surface area contributed by atoms with Crippen LogP contribution in [0.2, 0.25) is 0 Å². The predicted molar refractivity (Wildman–Crippen MR) is 87.3 cm³/mol. The van der Waals surface area contributed by atoms with Gasteiger partial charge in [0.25, 0.3) is 0 Å². The average Bonchev–Trinajstić information content (AvgIpc) is 2.89. The molecule has 2 aromatic rings. The van der Waals surface area contributed by atoms with Gasteiger partial charge in [0.2, 0.25) is 0 Å². The van der Waals surface area contributed by atoms with Crippen molar-refractivity contribution in [3.05, 3.63) is 46.3 Å². The first kappa shape index (κ1) is 15.0. The van der Waals surface area contributed by atoms with Crippen LogP contribution < -0.4 is 10.2 Å². The fourth-order valence-electron chi connectivity index (χ4n) is 1.88. The van der Waals surface area contributed by atoms with E-state index in [2.05, 4.69) is 72.0 Å². The summed E-state index contributed by atoms with van der Waals surface area (Å²) in [6, 6.07) is 6.39. The third-order valence-corrected chi connectivity index (χ3v) is 3.76. The van der Waals surface area contributed by atoms with Gasteiger partial charge in [0.05, 0.1) is 0 Å². The van der Waals surface area contributed by atoms with E-state index in [9.17, 15) is 0 Å². The Balaban J connectivity index is 2.01. The molecule has 2 heterocycles. The van der Waals surface area contributed by atoms with Crippen molar-refractivity contribution in [1.82, 2.24) is 10.3 Å². The molecule has 1 N–H and O–H groups in total. The highest BCUT2D eigenvalue weighted by molar-refractivity contribution is 7.07. The second kappa shape index (κ2) is 6.37. The van der Waals surface area contributed by atoms with Crippen molar-refractivity contribution >= 4 is 17.2 Å². The molecule has 0 bridgehead atoms. The Bertz CT molecular complexity index is 529. The molecule has 0 aliphatic heterocycles. The van der Waals surface area contributed by atoms with Gasteiger partial charge < -0.3 is 10.2 Å². The number of anilines is 1. The van der Waals surface area contributed by atoms with E-state index in [-0.39, 0.29) is 5.54 Å². The van der Waals surface area contributed by atoms with Gasteiger partial charge in [0, 0.05) is 31.9 Å². The minimum Gasteiger partial charge on any atom is -0.355 e. The number of hydrogen-bond donors (Lipinski definition) is 1. The maximum absolute atomic E-state index is 4.47. The molecule has 20 heavy (non-hydrogen) atoms. The summed E-state index contributed by atoms with van der Waals surface area (Å²) in [4.78, 5) is 6.65. The first-order valence-electron chi connectivity index (χ1n) is 6.86. The number of rotatable bonds is 5. The molecule has 0 amide bonds. The van der Waals surface area contributed by atoms with Crippen LogP contribution in [0.15, 0.2) is 35.2 Å². The zero-order valence-electron chi connectivity index (χ0n) is 12.7. The van der Waals surface area contributed by atoms with Crippen LogP contribution in [-0.2, 0) is 13.1 Å². The molecule has 0 fully saturated rings. The zero-order valence-corrected chi connectivity index (χ0v) is 13.5. The smallest absolute Gasteiger partial charge is 0.128 e. The van der Waals surface area contributed by atoms with E-state index in [4.69, 9.17) is 0 Å². The Morgan fingerprint density at radius 3 is 2.70 bits per heavy atom. The monoisotopic (exact) mass is 289 g/mol. The number of nitrogens with one attached hydrogen (secondary N) is 1. The summed E-state index contributed by atoms with van der Waals surface area (Å²) >= 11 is 1.73. The van der Waals surface area contributed by atoms with Gasteiger partial charge >= 0.3 is 0 Å². The standard InChI is InChI=1S/C16H23N3S/c1-16(2,3)18-10-13-5-7-17-15(9-13)19(4)11-14-6-8-20-12-14/h5-9,12,18H,10-11H2,1-4H3. The second-order valence-electron chi connectivity index (χ2n) is 6.11. The summed E-state index contributed by atoms with van der Waals surface area (Å²) in [6.45, 7) is 8.30. The minimum absolute atomic E-state index is 0.131. The molecule has 108 valence electrons. The Morgan fingerprint density at radius 1 is 1.25 bits per heavy atom. The Hall–Kier alpha value is -1.39. The molecule has 2 aromatic heterocycles. The number of thiophene rings is 1. The average molecular weight is 289 g/mol. The lowest BCUT2D eigenvalue weighted by molar-refractivity contribution is 0.424. The summed E-state index contributed by atoms with van der Waals surface area (Å²) in [7, 11) is 2.08. The third kappa shape index (κ3) is 4.62. The van der Waals surface area contributed by atoms with Gasteiger partial charge in [-0.05, 0) is 60.9 Å². The molecule has 0 saturated heterocycles. The minimum atomic E-state index is 0.131. The molecule has 0 radical (unpaired) electrons. The van der Waals surface area contributed by atoms with Crippen LogP contribution in [0.25, 0.3) is 0 Å². The van der Waals surface area contributed by atoms with Gasteiger partial charge in [-0.2, -0.15) is 11.3 Å². The van der Waals surface area contributed by atoms with Gasteiger partial charge in [-0.15, -0.1) is 0 Å². The molecule has 0 aromatic carbocycles. The van der Waals surface area contributed by atoms with Crippen molar-refractivity contribution in [2.45, 2.75) is 39.4 Å². The van der Waals surface area contributed by atoms with Crippen LogP contribution in [-0.4, -0.2) is 17.6 Å². The number of pyridine rings is 1. The van der Waals surface area contributed by atoms with Crippen molar-refractivity contribution in [2.24, 2.45) is 0 Å². The van der Waals surface area contributed by atoms with Crippen molar-refractivity contribution in [3.8, 4) is 0 Å². The summed E-state index contributed by atoms with van der Waals surface area (Å²) in [6.07, 6.45) is 1.89. The summed E-state index contributed by atoms with van der Waals surface area (Å²) in [5.41, 5.74) is 2.73. The fraction of sp³-hybridized carbons (Fsp3) is 0.438. The molecule has 0 atom stereocenters. The Morgan fingerprint density at radius 2 is 2.05 bits per heavy atom. The predicted octanol–water partition coefficient (Wildman–Crippen LogP) is 3.67. The molecule has 2 rings (SSSR count). The van der Waals surface area contributed by atoms with E-state index in [0.717, 1.165) is 18.9 Å². The molecule has 0 aliphatic rings. The molecule has 0 unspecified atom stereocenters. The van der Waals surface area contributed by atoms with Gasteiger partial charge in [-0.1, -0.05) is 0 Å². The van der Waals surface area contributed by atoms with E-state index < -0.39 is 0 Å². The lowest BCUT2D eigenvalue weighted by atomic mass is 10.1. The summed E-state index contributed by atoms with van der Waals surface area (Å²) in [5.74, 6) is 1.02. The third-order valence-electron chi connectivity index (χ3n) is 3.02. The van der Waals surface area contributed by atoms with E-state index in [1.165, 1.54) is 11.1 Å². The molecule has 3 nitrogen and oxygen atoms in total. The normalized spacial score (nSPS) is 11.6. The van der Waals surface area contributed by atoms with Gasteiger partial charge in [0.1, 0.15) is 5.82 Å². The molecular weight excluding hydrogens is 266 g/mol. The van der Waals surface area contributed by atoms with Gasteiger partial charge in [0.15, 0.2) is 0 Å². The first-order chi connectivity index (χ1) is 9.44. The van der Waals surface area contributed by atoms with Gasteiger partial charge in [-0.3, -0.25) is 0 Å². The van der Waals surface area contributed by atoms with Crippen molar-refractivity contribution < 1.29 is 0 Å². The van der Waals surface area contributed by atoms with Crippen LogP contribution in [0.3, 0.4) is 0 Å². The topological polar surface area (TPSA) is 28.2 Å². The van der Waals surface area contributed by atoms with E-state index in [0.29, 0.717) is 0 Å². The largest absolute Gasteiger partial charge is 0.355 e. The maximum Gasteiger partial charge on any atom is 0.128 e. The van der Waals surface area contributed by atoms with Crippen molar-refractivity contribution in [3.63, 3.8) is 0 Å². The fourth-order valence-corrected chi connectivity index (χ4v) is 2.54. The van der Waals surface area contributed by atoms with Crippen LogP contribution in [0.1, 0.15) is 31.9 Å². The van der Waals surface area contributed by atoms with Crippen LogP contribution in [0.5, 0.6) is 0 Å². The quantitative estimate of drug-likeness (QED) is 0.910. The van der Waals surface area contributed by atoms with E-state index in [1.807, 2.05) is 6.20 Å². The van der Waals surface area contributed by atoms with E-state index >= 15 is 0 Å². The zero-order chi connectivity index (χ0) is 14.6. The molecule has 0 spiro atoms. The lowest BCUT2D eigenvalue weighted by Gasteiger charge is -2.22. The highest BCUT2D eigenvalue weighted by atomic mass is 32.1. The Kier molecular flexibility index (Phi) is 4.78. The summed E-state index contributed by atoms with van der Waals surface area (Å²) < 4.78 is 0. The Labute approximate surface area is 125 Å². The highest BCUT2D eigenvalue weighted by Crippen LogP contribution is 2.16. The second-order valence-corrected chi connectivity index (χ2v) is 6.89. The molecule has 4 heteroatoms. The van der Waals surface area contributed by atoms with E-state index in [1.54, 1.807) is 11.3 Å². The number of nitrogens with zero attached hydrogens (tertiary/aromatic N) is 2. The summed E-state index contributed by atoms with van der Waals surface area (Å²) in [5, 5.41) is 7.80. The first-order valence-corrected chi connectivity index (χ1v) is 7.80. The van der Waals surface area contributed by atoms with Gasteiger partial charge in [-0.25, -0.2) is 4.98 Å². The molecular formula is C16H23N3S. The molecule has 0 saturated carbocycles. The van der Waals surface area contributed by atoms with Crippen LogP contribution >= 0.6 is 11.3 Å². The number of hydrogen-bond acceptors (Lipinski definition) is 4. The van der Waals surface area contributed by atoms with Crippen LogP contribution in [0, 0.1) is 0 Å². The van der Waals surface area contributed by atoms with Crippen molar-refractivity contribution in [2.75, 3.05) is 11.9 Å². The molecule has 0 aliphatic carbocycles. The van der Waals surface area contributed by atoms with Crippen LogP contribution in [0.4, 0.5) is 5.82 Å². The SMILES string of the molecule is CN(Cc1ccsc1)c1cc(CNC(C)(C)C)ccn1. The highest BCUT2D eigenvalue weighted by Gasteiger charge is 2.09. The van der Waals surface area contributed by atoms with Crippen molar-refractivity contribution in [1.29, 1.82) is 0 Å². The lowest BCUT2D eigenvalue weighted by Crippen LogP contribution is -2.35.